The van der Waals surface area contributed by atoms with Crippen LogP contribution in [0.3, 0.4) is 0 Å². The van der Waals surface area contributed by atoms with E-state index in [2.05, 4.69) is 4.90 Å². The van der Waals surface area contributed by atoms with Gasteiger partial charge in [0.1, 0.15) is 11.2 Å². The summed E-state index contributed by atoms with van der Waals surface area (Å²) in [6.07, 6.45) is 1.33. The van der Waals surface area contributed by atoms with E-state index in [1.165, 1.54) is 0 Å². The molecule has 1 aliphatic heterocycles. The van der Waals surface area contributed by atoms with Gasteiger partial charge in [-0.15, -0.1) is 0 Å². The van der Waals surface area contributed by atoms with Gasteiger partial charge < -0.3 is 29.4 Å². The number of fused-ring (bicyclic) bond motifs is 4. The summed E-state index contributed by atoms with van der Waals surface area (Å²) < 4.78 is 11.9. The summed E-state index contributed by atoms with van der Waals surface area (Å²) in [5.41, 5.74) is 1.63. The highest BCUT2D eigenvalue weighted by atomic mass is 16.5. The van der Waals surface area contributed by atoms with Crippen LogP contribution in [0.5, 0.6) is 0 Å². The Bertz CT molecular complexity index is 1230. The van der Waals surface area contributed by atoms with Crippen molar-refractivity contribution in [2.45, 2.75) is 69.5 Å². The Morgan fingerprint density at radius 2 is 1.94 bits per heavy atom. The van der Waals surface area contributed by atoms with Crippen LogP contribution < -0.4 is 4.90 Å². The minimum absolute atomic E-state index is 0.346. The number of ether oxygens (including phenoxy) is 1. The quantitative estimate of drug-likeness (QED) is 0.484. The topological polar surface area (TPSA) is 86.3 Å². The van der Waals surface area contributed by atoms with Gasteiger partial charge in [0.15, 0.2) is 0 Å². The van der Waals surface area contributed by atoms with Gasteiger partial charge in [0.2, 0.25) is 0 Å². The molecule has 5 rings (SSSR count). The maximum Gasteiger partial charge on any atom is 0.137 e. The van der Waals surface area contributed by atoms with Crippen LogP contribution in [0.25, 0.3) is 21.9 Å². The van der Waals surface area contributed by atoms with Crippen molar-refractivity contribution in [2.75, 3.05) is 18.6 Å². The lowest BCUT2D eigenvalue weighted by molar-refractivity contribution is -0.164. The third-order valence-corrected chi connectivity index (χ3v) is 8.17. The van der Waals surface area contributed by atoms with Gasteiger partial charge in [-0.25, -0.2) is 0 Å². The van der Waals surface area contributed by atoms with Crippen LogP contribution in [0.15, 0.2) is 58.5 Å². The maximum atomic E-state index is 11.9. The molecule has 1 aromatic heterocycles. The number of aliphatic hydroxyl groups is 3. The number of aliphatic hydroxyl groups excluding tert-OH is 2. The minimum Gasteiger partial charge on any atom is -0.456 e. The van der Waals surface area contributed by atoms with E-state index in [1.807, 2.05) is 69.3 Å². The summed E-state index contributed by atoms with van der Waals surface area (Å²) in [5.74, 6) is -0.472. The van der Waals surface area contributed by atoms with E-state index in [0.717, 1.165) is 33.2 Å². The first kappa shape index (κ1) is 23.4. The van der Waals surface area contributed by atoms with Crippen molar-refractivity contribution in [3.05, 3.63) is 54.1 Å². The van der Waals surface area contributed by atoms with Crippen LogP contribution in [-0.4, -0.2) is 58.4 Å². The van der Waals surface area contributed by atoms with Crippen molar-refractivity contribution >= 4 is 27.6 Å². The van der Waals surface area contributed by atoms with Crippen molar-refractivity contribution in [1.29, 1.82) is 0 Å². The fourth-order valence-corrected chi connectivity index (χ4v) is 6.43. The predicted molar refractivity (Wildman–Crippen MR) is 134 cm³/mol. The Labute approximate surface area is 200 Å². The average Bonchev–Trinajstić information content (AvgIpc) is 3.31. The Morgan fingerprint density at radius 1 is 1.21 bits per heavy atom. The molecule has 0 bridgehead atoms. The number of methoxy groups -OCH3 is 1. The number of rotatable bonds is 5. The first-order chi connectivity index (χ1) is 16.2. The molecule has 2 aromatic carbocycles. The fraction of sp³-hybridized carbons (Fsp3) is 0.500. The molecule has 0 amide bonds. The summed E-state index contributed by atoms with van der Waals surface area (Å²) in [6, 6.07) is 14.0. The molecule has 3 N–H and O–H groups in total. The zero-order valence-electron chi connectivity index (χ0n) is 20.4. The van der Waals surface area contributed by atoms with E-state index in [1.54, 1.807) is 7.11 Å². The second-order valence-corrected chi connectivity index (χ2v) is 10.5. The van der Waals surface area contributed by atoms with Crippen LogP contribution in [0.2, 0.25) is 0 Å². The molecule has 2 aliphatic rings. The van der Waals surface area contributed by atoms with Gasteiger partial charge in [0, 0.05) is 42.1 Å². The summed E-state index contributed by atoms with van der Waals surface area (Å²) >= 11 is 0. The minimum atomic E-state index is -1.09. The third-order valence-electron chi connectivity index (χ3n) is 8.17. The highest BCUT2D eigenvalue weighted by Gasteiger charge is 2.66. The molecule has 2 heterocycles. The molecule has 0 spiro atoms. The van der Waals surface area contributed by atoms with Crippen molar-refractivity contribution in [2.24, 2.45) is 5.92 Å². The molecule has 2 fully saturated rings. The highest BCUT2D eigenvalue weighted by Crippen LogP contribution is 2.54. The van der Waals surface area contributed by atoms with E-state index < -0.39 is 35.4 Å². The van der Waals surface area contributed by atoms with Gasteiger partial charge in [-0.3, -0.25) is 0 Å². The second kappa shape index (κ2) is 8.38. The number of para-hydroxylation sites is 1. The van der Waals surface area contributed by atoms with Gasteiger partial charge in [-0.05, 0) is 58.2 Å². The van der Waals surface area contributed by atoms with Crippen LogP contribution in [0, 0.1) is 5.92 Å². The fourth-order valence-electron chi connectivity index (χ4n) is 6.43. The Hall–Kier alpha value is -2.38. The van der Waals surface area contributed by atoms with Crippen molar-refractivity contribution in [1.82, 2.24) is 0 Å². The molecule has 6 heteroatoms. The first-order valence-corrected chi connectivity index (χ1v) is 12.1. The first-order valence-electron chi connectivity index (χ1n) is 12.1. The summed E-state index contributed by atoms with van der Waals surface area (Å²) in [5, 5.41) is 36.4. The summed E-state index contributed by atoms with van der Waals surface area (Å²) in [4.78, 5) is 2.11. The summed E-state index contributed by atoms with van der Waals surface area (Å²) in [6.45, 7) is 6.36. The van der Waals surface area contributed by atoms with E-state index in [0.29, 0.717) is 25.8 Å². The van der Waals surface area contributed by atoms with Gasteiger partial charge in [-0.2, -0.15) is 0 Å². The van der Waals surface area contributed by atoms with Crippen molar-refractivity contribution < 1.29 is 24.5 Å². The second-order valence-electron chi connectivity index (χ2n) is 10.5. The molecule has 1 aliphatic carbocycles. The molecule has 34 heavy (non-hydrogen) atoms. The number of anilines is 1. The molecular weight excluding hydrogens is 430 g/mol. The van der Waals surface area contributed by atoms with E-state index in [4.69, 9.17) is 9.15 Å². The number of β-amino-alcohol motifs (C(OH)–C–C–N with tert-alkyl or cyclic N) is 1. The smallest absolute Gasteiger partial charge is 0.137 e. The number of furan rings is 1. The Balaban J connectivity index is 1.65. The van der Waals surface area contributed by atoms with Crippen LogP contribution >= 0.6 is 0 Å². The van der Waals surface area contributed by atoms with Gasteiger partial charge in [0.05, 0.1) is 29.5 Å². The van der Waals surface area contributed by atoms with Crippen LogP contribution in [-0.2, 0) is 4.74 Å². The predicted octanol–water partition coefficient (Wildman–Crippen LogP) is 4.40. The lowest BCUT2D eigenvalue weighted by atomic mass is 9.65. The van der Waals surface area contributed by atoms with Crippen molar-refractivity contribution in [3.63, 3.8) is 0 Å². The molecule has 0 unspecified atom stereocenters. The number of hydrogen-bond donors (Lipinski definition) is 3. The van der Waals surface area contributed by atoms with Crippen molar-refractivity contribution in [3.8, 4) is 0 Å². The number of nitrogens with zero attached hydrogens (tertiary/aromatic N) is 1. The van der Waals surface area contributed by atoms with E-state index >= 15 is 0 Å². The zero-order valence-corrected chi connectivity index (χ0v) is 20.4. The molecule has 1 saturated heterocycles. The monoisotopic (exact) mass is 465 g/mol. The molecule has 1 saturated carbocycles. The number of benzene rings is 2. The zero-order chi connectivity index (χ0) is 24.3. The molecule has 3 aromatic rings. The van der Waals surface area contributed by atoms with Gasteiger partial charge >= 0.3 is 0 Å². The van der Waals surface area contributed by atoms with Gasteiger partial charge in [-0.1, -0.05) is 29.8 Å². The standard InChI is InChI=1S/C28H35NO5/c1-17(2)9-12-24(31)27(3)26-25(33-4)21(30)13-14-28(26,32)16-29(27)18-10-11-20-19-7-5-6-8-22(19)34-23(20)15-18/h5-11,15,21,24-26,30-32H,12-14,16H2,1-4H3/t21-,24-,25-,26-,27-,28+/m1/s1. The number of hydrogen-bond acceptors (Lipinski definition) is 6. The van der Waals surface area contributed by atoms with E-state index in [9.17, 15) is 15.3 Å². The largest absolute Gasteiger partial charge is 0.456 e. The van der Waals surface area contributed by atoms with E-state index in [-0.39, 0.29) is 0 Å². The average molecular weight is 466 g/mol. The molecular formula is C28H35NO5. The normalized spacial score (nSPS) is 32.2. The Morgan fingerprint density at radius 3 is 2.68 bits per heavy atom. The molecule has 6 atom stereocenters. The highest BCUT2D eigenvalue weighted by molar-refractivity contribution is 6.05. The SMILES string of the molecule is CO[C@@H]1[C@H](O)CC[C@]2(O)CN(c3ccc4c(c3)oc3ccccc34)[C@](C)([C@H](O)CC=C(C)C)[C@@H]12. The van der Waals surface area contributed by atoms with Gasteiger partial charge in [0.25, 0.3) is 0 Å². The Kier molecular flexibility index (Phi) is 5.76. The lowest BCUT2D eigenvalue weighted by Gasteiger charge is -2.50. The third kappa shape index (κ3) is 3.47. The lowest BCUT2D eigenvalue weighted by Crippen LogP contribution is -2.63. The number of allylic oxidation sites excluding steroid dienone is 1. The maximum absolute atomic E-state index is 11.9. The molecule has 6 nitrogen and oxygen atoms in total. The van der Waals surface area contributed by atoms with Crippen LogP contribution in [0.4, 0.5) is 5.69 Å². The summed E-state index contributed by atoms with van der Waals surface area (Å²) in [7, 11) is 1.58. The molecule has 182 valence electrons. The van der Waals surface area contributed by atoms with Crippen LogP contribution in [0.1, 0.15) is 40.0 Å². The molecule has 0 radical (unpaired) electrons.